The highest BCUT2D eigenvalue weighted by molar-refractivity contribution is 6.00. The summed E-state index contributed by atoms with van der Waals surface area (Å²) in [7, 11) is 3.81. The number of rotatable bonds is 2. The Kier molecular flexibility index (Phi) is 3.95. The summed E-state index contributed by atoms with van der Waals surface area (Å²) < 4.78 is 0. The predicted molar refractivity (Wildman–Crippen MR) is 76.3 cm³/mol. The Morgan fingerprint density at radius 3 is 2.58 bits per heavy atom. The number of likely N-dealkylation sites (tertiary alicyclic amines) is 1. The average Bonchev–Trinajstić information content (AvgIpc) is 2.38. The van der Waals surface area contributed by atoms with Gasteiger partial charge in [-0.15, -0.1) is 0 Å². The maximum Gasteiger partial charge on any atom is 0.256 e. The zero-order chi connectivity index (χ0) is 14.0. The molecule has 0 aliphatic carbocycles. The number of piperidine rings is 1. The molecule has 1 aliphatic rings. The molecular formula is C14H21N3O2. The summed E-state index contributed by atoms with van der Waals surface area (Å²) in [4.78, 5) is 16.2. The van der Waals surface area contributed by atoms with Gasteiger partial charge in [0.15, 0.2) is 0 Å². The van der Waals surface area contributed by atoms with E-state index in [2.05, 4.69) is 0 Å². The highest BCUT2D eigenvalue weighted by Crippen LogP contribution is 2.24. The minimum absolute atomic E-state index is 0.0112. The Morgan fingerprint density at radius 2 is 2.00 bits per heavy atom. The van der Waals surface area contributed by atoms with Gasteiger partial charge in [0.2, 0.25) is 0 Å². The number of benzene rings is 1. The van der Waals surface area contributed by atoms with Gasteiger partial charge >= 0.3 is 0 Å². The number of amides is 1. The molecule has 1 amide bonds. The van der Waals surface area contributed by atoms with E-state index in [0.29, 0.717) is 37.2 Å². The van der Waals surface area contributed by atoms with Crippen molar-refractivity contribution in [2.75, 3.05) is 37.8 Å². The number of aliphatic hydroxyl groups excluding tert-OH is 1. The minimum Gasteiger partial charge on any atom is -0.399 e. The van der Waals surface area contributed by atoms with Crippen LogP contribution in [0, 0.1) is 0 Å². The summed E-state index contributed by atoms with van der Waals surface area (Å²) >= 11 is 0. The van der Waals surface area contributed by atoms with Crippen LogP contribution in [-0.4, -0.2) is 49.2 Å². The van der Waals surface area contributed by atoms with E-state index in [1.165, 1.54) is 0 Å². The van der Waals surface area contributed by atoms with Gasteiger partial charge in [-0.05, 0) is 31.0 Å². The van der Waals surface area contributed by atoms with Crippen molar-refractivity contribution in [3.8, 4) is 0 Å². The summed E-state index contributed by atoms with van der Waals surface area (Å²) in [6, 6.07) is 5.39. The van der Waals surface area contributed by atoms with Crippen LogP contribution in [0.2, 0.25) is 0 Å². The molecule has 0 atom stereocenters. The van der Waals surface area contributed by atoms with Crippen LogP contribution in [0.3, 0.4) is 0 Å². The van der Waals surface area contributed by atoms with Crippen molar-refractivity contribution >= 4 is 17.3 Å². The van der Waals surface area contributed by atoms with Crippen molar-refractivity contribution in [2.45, 2.75) is 18.9 Å². The molecule has 2 rings (SSSR count). The van der Waals surface area contributed by atoms with Crippen LogP contribution >= 0.6 is 0 Å². The Bertz CT molecular complexity index is 466. The van der Waals surface area contributed by atoms with Gasteiger partial charge in [0, 0.05) is 38.6 Å². The molecule has 5 nitrogen and oxygen atoms in total. The second kappa shape index (κ2) is 5.48. The summed E-state index contributed by atoms with van der Waals surface area (Å²) in [5, 5.41) is 9.50. The van der Waals surface area contributed by atoms with Crippen molar-refractivity contribution in [3.05, 3.63) is 23.8 Å². The highest BCUT2D eigenvalue weighted by atomic mass is 16.3. The van der Waals surface area contributed by atoms with Crippen LogP contribution in [0.4, 0.5) is 11.4 Å². The van der Waals surface area contributed by atoms with Crippen molar-refractivity contribution < 1.29 is 9.90 Å². The van der Waals surface area contributed by atoms with Gasteiger partial charge in [-0.1, -0.05) is 0 Å². The fourth-order valence-electron chi connectivity index (χ4n) is 2.35. The molecular weight excluding hydrogens is 242 g/mol. The second-order valence-corrected chi connectivity index (χ2v) is 5.19. The van der Waals surface area contributed by atoms with Gasteiger partial charge in [-0.25, -0.2) is 0 Å². The molecule has 0 aromatic heterocycles. The number of nitrogens with zero attached hydrogens (tertiary/aromatic N) is 2. The van der Waals surface area contributed by atoms with E-state index in [1.807, 2.05) is 25.1 Å². The van der Waals surface area contributed by atoms with Crippen molar-refractivity contribution in [2.24, 2.45) is 0 Å². The zero-order valence-electron chi connectivity index (χ0n) is 11.5. The molecule has 19 heavy (non-hydrogen) atoms. The molecule has 1 heterocycles. The topological polar surface area (TPSA) is 69.8 Å². The standard InChI is InChI=1S/C14H21N3O2/c1-16(2)13-4-3-10(15)9-12(13)14(19)17-7-5-11(18)6-8-17/h3-4,9,11,18H,5-8,15H2,1-2H3. The first kappa shape index (κ1) is 13.7. The lowest BCUT2D eigenvalue weighted by Gasteiger charge is -2.31. The average molecular weight is 263 g/mol. The first-order valence-corrected chi connectivity index (χ1v) is 6.53. The SMILES string of the molecule is CN(C)c1ccc(N)cc1C(=O)N1CCC(O)CC1. The maximum atomic E-state index is 12.5. The van der Waals surface area contributed by atoms with E-state index >= 15 is 0 Å². The van der Waals surface area contributed by atoms with Gasteiger partial charge < -0.3 is 20.6 Å². The zero-order valence-corrected chi connectivity index (χ0v) is 11.5. The van der Waals surface area contributed by atoms with Crippen LogP contribution < -0.4 is 10.6 Å². The molecule has 1 aromatic rings. The number of hydrogen-bond acceptors (Lipinski definition) is 4. The molecule has 1 fully saturated rings. The van der Waals surface area contributed by atoms with Gasteiger partial charge in [0.05, 0.1) is 11.7 Å². The molecule has 0 bridgehead atoms. The highest BCUT2D eigenvalue weighted by Gasteiger charge is 2.24. The predicted octanol–water partition coefficient (Wildman–Crippen LogP) is 0.932. The third-order valence-electron chi connectivity index (χ3n) is 3.48. The third kappa shape index (κ3) is 2.98. The van der Waals surface area contributed by atoms with E-state index in [0.717, 1.165) is 5.69 Å². The van der Waals surface area contributed by atoms with E-state index in [1.54, 1.807) is 17.0 Å². The minimum atomic E-state index is -0.279. The van der Waals surface area contributed by atoms with E-state index < -0.39 is 0 Å². The Balaban J connectivity index is 2.25. The molecule has 1 saturated heterocycles. The molecule has 1 aliphatic heterocycles. The smallest absolute Gasteiger partial charge is 0.256 e. The van der Waals surface area contributed by atoms with Crippen LogP contribution in [0.1, 0.15) is 23.2 Å². The van der Waals surface area contributed by atoms with Gasteiger partial charge in [-0.3, -0.25) is 4.79 Å². The number of anilines is 2. The van der Waals surface area contributed by atoms with Gasteiger partial charge in [-0.2, -0.15) is 0 Å². The molecule has 0 saturated carbocycles. The second-order valence-electron chi connectivity index (χ2n) is 5.19. The van der Waals surface area contributed by atoms with E-state index in [4.69, 9.17) is 5.73 Å². The van der Waals surface area contributed by atoms with Crippen LogP contribution in [0.15, 0.2) is 18.2 Å². The summed E-state index contributed by atoms with van der Waals surface area (Å²) in [6.45, 7) is 1.20. The van der Waals surface area contributed by atoms with E-state index in [-0.39, 0.29) is 12.0 Å². The lowest BCUT2D eigenvalue weighted by Crippen LogP contribution is -2.40. The molecule has 104 valence electrons. The van der Waals surface area contributed by atoms with E-state index in [9.17, 15) is 9.90 Å². The van der Waals surface area contributed by atoms with Crippen molar-refractivity contribution in [1.29, 1.82) is 0 Å². The summed E-state index contributed by atoms with van der Waals surface area (Å²) in [5.41, 5.74) is 7.87. The molecule has 0 unspecified atom stereocenters. The third-order valence-corrected chi connectivity index (χ3v) is 3.48. The number of nitrogens with two attached hydrogens (primary N) is 1. The maximum absolute atomic E-state index is 12.5. The first-order chi connectivity index (χ1) is 8.99. The Hall–Kier alpha value is -1.75. The fraction of sp³-hybridized carbons (Fsp3) is 0.500. The molecule has 0 spiro atoms. The molecule has 0 radical (unpaired) electrons. The number of aliphatic hydroxyl groups is 1. The lowest BCUT2D eigenvalue weighted by atomic mass is 10.0. The van der Waals surface area contributed by atoms with Crippen LogP contribution in [-0.2, 0) is 0 Å². The summed E-state index contributed by atoms with van der Waals surface area (Å²) in [6.07, 6.45) is 1.01. The fourth-order valence-corrected chi connectivity index (χ4v) is 2.35. The Morgan fingerprint density at radius 1 is 1.37 bits per heavy atom. The van der Waals surface area contributed by atoms with Crippen molar-refractivity contribution in [1.82, 2.24) is 4.90 Å². The quantitative estimate of drug-likeness (QED) is 0.779. The van der Waals surface area contributed by atoms with Gasteiger partial charge in [0.1, 0.15) is 0 Å². The first-order valence-electron chi connectivity index (χ1n) is 6.53. The number of carbonyl (C=O) groups is 1. The van der Waals surface area contributed by atoms with Crippen molar-refractivity contribution in [3.63, 3.8) is 0 Å². The van der Waals surface area contributed by atoms with Gasteiger partial charge in [0.25, 0.3) is 5.91 Å². The van der Waals surface area contributed by atoms with Crippen LogP contribution in [0.25, 0.3) is 0 Å². The Labute approximate surface area is 113 Å². The number of hydrogen-bond donors (Lipinski definition) is 2. The monoisotopic (exact) mass is 263 g/mol. The largest absolute Gasteiger partial charge is 0.399 e. The summed E-state index contributed by atoms with van der Waals surface area (Å²) in [5.74, 6) is -0.0112. The van der Waals surface area contributed by atoms with Crippen LogP contribution in [0.5, 0.6) is 0 Å². The lowest BCUT2D eigenvalue weighted by molar-refractivity contribution is 0.0547. The normalized spacial score (nSPS) is 16.5. The molecule has 1 aromatic carbocycles. The molecule has 3 N–H and O–H groups in total. The number of carbonyl (C=O) groups excluding carboxylic acids is 1. The number of nitrogen functional groups attached to an aromatic ring is 1. The molecule has 5 heteroatoms.